The van der Waals surface area contributed by atoms with Gasteiger partial charge in [0.25, 0.3) is 0 Å². The van der Waals surface area contributed by atoms with Crippen molar-refractivity contribution in [1.29, 1.82) is 0 Å². The number of anilines is 1. The zero-order chi connectivity index (χ0) is 16.7. The molecule has 0 spiro atoms. The Bertz CT molecular complexity index is 525. The number of nitrogens with one attached hydrogen (secondary N) is 2. The van der Waals surface area contributed by atoms with E-state index in [0.717, 1.165) is 25.9 Å². The Balaban J connectivity index is 1.77. The number of carbonyl (C=O) groups is 2. The molecule has 1 fully saturated rings. The Kier molecular flexibility index (Phi) is 6.37. The van der Waals surface area contributed by atoms with Crippen molar-refractivity contribution in [2.24, 2.45) is 0 Å². The van der Waals surface area contributed by atoms with Crippen LogP contribution in [0.25, 0.3) is 0 Å². The first kappa shape index (κ1) is 17.2. The van der Waals surface area contributed by atoms with Crippen molar-refractivity contribution in [2.75, 3.05) is 38.7 Å². The standard InChI is InChI=1S/C16H23N3O4/c1-23-14-4-2-12(3-5-14)17-15(21)16(22)18-13-6-8-19(9-7-13)10-11-20/h2-5,13,20H,6-11H2,1H3,(H,17,21)(H,18,22). The molecule has 3 N–H and O–H groups in total. The minimum atomic E-state index is -0.673. The maximum Gasteiger partial charge on any atom is 0.313 e. The highest BCUT2D eigenvalue weighted by Crippen LogP contribution is 2.15. The zero-order valence-electron chi connectivity index (χ0n) is 13.2. The van der Waals surface area contributed by atoms with Crippen molar-refractivity contribution in [1.82, 2.24) is 10.2 Å². The number of likely N-dealkylation sites (tertiary alicyclic amines) is 1. The van der Waals surface area contributed by atoms with E-state index in [2.05, 4.69) is 15.5 Å². The van der Waals surface area contributed by atoms with Gasteiger partial charge in [0.1, 0.15) is 5.75 Å². The summed E-state index contributed by atoms with van der Waals surface area (Å²) in [5.74, 6) is -0.614. The van der Waals surface area contributed by atoms with Gasteiger partial charge in [-0.15, -0.1) is 0 Å². The van der Waals surface area contributed by atoms with E-state index in [1.807, 2.05) is 0 Å². The van der Waals surface area contributed by atoms with Crippen LogP contribution >= 0.6 is 0 Å². The van der Waals surface area contributed by atoms with Crippen LogP contribution in [-0.2, 0) is 9.59 Å². The SMILES string of the molecule is COc1ccc(NC(=O)C(=O)NC2CCN(CCO)CC2)cc1. The Hall–Kier alpha value is -2.12. The lowest BCUT2D eigenvalue weighted by atomic mass is 10.1. The monoisotopic (exact) mass is 321 g/mol. The van der Waals surface area contributed by atoms with E-state index in [4.69, 9.17) is 9.84 Å². The minimum Gasteiger partial charge on any atom is -0.497 e. The van der Waals surface area contributed by atoms with E-state index in [1.54, 1.807) is 31.4 Å². The summed E-state index contributed by atoms with van der Waals surface area (Å²) in [5.41, 5.74) is 0.545. The number of aliphatic hydroxyl groups is 1. The van der Waals surface area contributed by atoms with Crippen molar-refractivity contribution >= 4 is 17.5 Å². The van der Waals surface area contributed by atoms with Gasteiger partial charge in [0.05, 0.1) is 13.7 Å². The average molecular weight is 321 g/mol. The smallest absolute Gasteiger partial charge is 0.313 e. The van der Waals surface area contributed by atoms with Crippen LogP contribution in [0, 0.1) is 0 Å². The highest BCUT2D eigenvalue weighted by molar-refractivity contribution is 6.39. The molecule has 0 bridgehead atoms. The summed E-state index contributed by atoms with van der Waals surface area (Å²) in [7, 11) is 1.56. The molecular weight excluding hydrogens is 298 g/mol. The number of ether oxygens (including phenoxy) is 1. The summed E-state index contributed by atoms with van der Waals surface area (Å²) in [6.07, 6.45) is 1.56. The van der Waals surface area contributed by atoms with E-state index in [1.165, 1.54) is 0 Å². The Morgan fingerprint density at radius 1 is 1.22 bits per heavy atom. The molecule has 2 amide bonds. The van der Waals surface area contributed by atoms with Crippen molar-refractivity contribution in [3.05, 3.63) is 24.3 Å². The summed E-state index contributed by atoms with van der Waals surface area (Å²) in [5, 5.41) is 14.2. The molecule has 23 heavy (non-hydrogen) atoms. The largest absolute Gasteiger partial charge is 0.497 e. The van der Waals surface area contributed by atoms with Crippen molar-refractivity contribution in [3.63, 3.8) is 0 Å². The molecule has 7 nitrogen and oxygen atoms in total. The second-order valence-corrected chi connectivity index (χ2v) is 5.50. The first-order valence-electron chi connectivity index (χ1n) is 7.71. The molecule has 1 heterocycles. The molecule has 126 valence electrons. The summed E-state index contributed by atoms with van der Waals surface area (Å²) in [6, 6.07) is 6.78. The third-order valence-corrected chi connectivity index (χ3v) is 3.89. The van der Waals surface area contributed by atoms with Crippen LogP contribution in [0.2, 0.25) is 0 Å². The topological polar surface area (TPSA) is 90.9 Å². The van der Waals surface area contributed by atoms with E-state index >= 15 is 0 Å². The van der Waals surface area contributed by atoms with Crippen LogP contribution in [0.15, 0.2) is 24.3 Å². The second-order valence-electron chi connectivity index (χ2n) is 5.50. The molecule has 7 heteroatoms. The van der Waals surface area contributed by atoms with Crippen LogP contribution < -0.4 is 15.4 Å². The third-order valence-electron chi connectivity index (χ3n) is 3.89. The number of piperidine rings is 1. The molecule has 1 aromatic carbocycles. The zero-order valence-corrected chi connectivity index (χ0v) is 13.2. The fraction of sp³-hybridized carbons (Fsp3) is 0.500. The predicted molar refractivity (Wildman–Crippen MR) is 86.3 cm³/mol. The molecule has 1 saturated heterocycles. The summed E-state index contributed by atoms with van der Waals surface area (Å²) in [6.45, 7) is 2.41. The molecular formula is C16H23N3O4. The van der Waals surface area contributed by atoms with Gasteiger partial charge < -0.3 is 25.4 Å². The van der Waals surface area contributed by atoms with Crippen LogP contribution in [0.5, 0.6) is 5.75 Å². The van der Waals surface area contributed by atoms with E-state index in [-0.39, 0.29) is 12.6 Å². The highest BCUT2D eigenvalue weighted by atomic mass is 16.5. The van der Waals surface area contributed by atoms with Gasteiger partial charge >= 0.3 is 11.8 Å². The highest BCUT2D eigenvalue weighted by Gasteiger charge is 2.23. The van der Waals surface area contributed by atoms with Gasteiger partial charge in [-0.05, 0) is 37.1 Å². The molecule has 0 aromatic heterocycles. The lowest BCUT2D eigenvalue weighted by molar-refractivity contribution is -0.136. The van der Waals surface area contributed by atoms with Gasteiger partial charge in [-0.25, -0.2) is 0 Å². The van der Waals surface area contributed by atoms with E-state index in [9.17, 15) is 9.59 Å². The molecule has 0 saturated carbocycles. The predicted octanol–water partition coefficient (Wildman–Crippen LogP) is 0.207. The summed E-state index contributed by atoms with van der Waals surface area (Å²) < 4.78 is 5.04. The number of benzene rings is 1. The number of amides is 2. The number of aliphatic hydroxyl groups excluding tert-OH is 1. The van der Waals surface area contributed by atoms with Gasteiger partial charge in [-0.1, -0.05) is 0 Å². The molecule has 1 aromatic rings. The van der Waals surface area contributed by atoms with Gasteiger partial charge in [-0.3, -0.25) is 9.59 Å². The summed E-state index contributed by atoms with van der Waals surface area (Å²) in [4.78, 5) is 26.0. The molecule has 0 radical (unpaired) electrons. The van der Waals surface area contributed by atoms with Crippen LogP contribution in [0.4, 0.5) is 5.69 Å². The quantitative estimate of drug-likeness (QED) is 0.674. The lowest BCUT2D eigenvalue weighted by Crippen LogP contribution is -2.48. The first-order valence-corrected chi connectivity index (χ1v) is 7.71. The molecule has 0 atom stereocenters. The van der Waals surface area contributed by atoms with Crippen LogP contribution in [-0.4, -0.2) is 61.2 Å². The van der Waals surface area contributed by atoms with Crippen LogP contribution in [0.1, 0.15) is 12.8 Å². The first-order chi connectivity index (χ1) is 11.1. The molecule has 1 aliphatic heterocycles. The Morgan fingerprint density at radius 3 is 2.43 bits per heavy atom. The molecule has 1 aliphatic rings. The van der Waals surface area contributed by atoms with Crippen molar-refractivity contribution < 1.29 is 19.4 Å². The fourth-order valence-corrected chi connectivity index (χ4v) is 2.56. The number of carbonyl (C=O) groups excluding carboxylic acids is 2. The second kappa shape index (κ2) is 8.50. The summed E-state index contributed by atoms with van der Waals surface area (Å²) >= 11 is 0. The van der Waals surface area contributed by atoms with Crippen molar-refractivity contribution in [3.8, 4) is 5.75 Å². The maximum absolute atomic E-state index is 11.9. The minimum absolute atomic E-state index is 0.000870. The number of β-amino-alcohol motifs (C(OH)–C–C–N with tert-alkyl or cyclic N) is 1. The fourth-order valence-electron chi connectivity index (χ4n) is 2.56. The van der Waals surface area contributed by atoms with E-state index in [0.29, 0.717) is 18.0 Å². The van der Waals surface area contributed by atoms with Crippen molar-refractivity contribution in [2.45, 2.75) is 18.9 Å². The van der Waals surface area contributed by atoms with Gasteiger partial charge in [0.15, 0.2) is 0 Å². The lowest BCUT2D eigenvalue weighted by Gasteiger charge is -2.31. The maximum atomic E-state index is 11.9. The van der Waals surface area contributed by atoms with Crippen LogP contribution in [0.3, 0.4) is 0 Å². The average Bonchev–Trinajstić information content (AvgIpc) is 2.57. The number of methoxy groups -OCH3 is 1. The molecule has 0 unspecified atom stereocenters. The van der Waals surface area contributed by atoms with Gasteiger partial charge in [-0.2, -0.15) is 0 Å². The third kappa shape index (κ3) is 5.22. The molecule has 2 rings (SSSR count). The number of hydrogen-bond donors (Lipinski definition) is 3. The Morgan fingerprint density at radius 2 is 1.87 bits per heavy atom. The van der Waals surface area contributed by atoms with Gasteiger partial charge in [0, 0.05) is 31.4 Å². The number of nitrogens with zero attached hydrogens (tertiary/aromatic N) is 1. The number of hydrogen-bond acceptors (Lipinski definition) is 5. The molecule has 0 aliphatic carbocycles. The normalized spacial score (nSPS) is 15.9. The Labute approximate surface area is 135 Å². The number of rotatable bonds is 5. The van der Waals surface area contributed by atoms with Gasteiger partial charge in [0.2, 0.25) is 0 Å². The van der Waals surface area contributed by atoms with E-state index < -0.39 is 11.8 Å².